The van der Waals surface area contributed by atoms with Crippen LogP contribution in [0.25, 0.3) is 0 Å². The molecule has 4 aromatic rings. The minimum atomic E-state index is -0.137. The first kappa shape index (κ1) is 21.3. The summed E-state index contributed by atoms with van der Waals surface area (Å²) in [5.41, 5.74) is 6.12. The Hall–Kier alpha value is -3.93. The summed E-state index contributed by atoms with van der Waals surface area (Å²) in [6.45, 7) is 5.70. The zero-order valence-electron chi connectivity index (χ0n) is 18.3. The molecule has 0 fully saturated rings. The van der Waals surface area contributed by atoms with Crippen molar-refractivity contribution in [2.75, 3.05) is 0 Å². The number of amides is 1. The molecule has 0 saturated carbocycles. The highest BCUT2D eigenvalue weighted by Gasteiger charge is 2.10. The number of aryl methyl sites for hydroxylation is 2. The molecule has 0 bridgehead atoms. The van der Waals surface area contributed by atoms with Crippen LogP contribution in [0, 0.1) is 13.8 Å². The molecular weight excluding hydrogens is 400 g/mol. The van der Waals surface area contributed by atoms with E-state index in [0.717, 1.165) is 16.7 Å². The number of nitrogens with zero attached hydrogens (tertiary/aromatic N) is 3. The van der Waals surface area contributed by atoms with Gasteiger partial charge in [0, 0.05) is 25.0 Å². The lowest BCUT2D eigenvalue weighted by molar-refractivity contribution is 0.0950. The molecule has 6 heteroatoms. The highest BCUT2D eigenvalue weighted by Crippen LogP contribution is 2.13. The summed E-state index contributed by atoms with van der Waals surface area (Å²) in [5, 5.41) is 7.32. The smallest absolute Gasteiger partial charge is 0.254 e. The van der Waals surface area contributed by atoms with Crippen molar-refractivity contribution in [3.63, 3.8) is 0 Å². The highest BCUT2D eigenvalue weighted by molar-refractivity contribution is 5.93. The minimum absolute atomic E-state index is 0.0171. The third kappa shape index (κ3) is 5.03. The summed E-state index contributed by atoms with van der Waals surface area (Å²) in [6.07, 6.45) is 5.14. The summed E-state index contributed by atoms with van der Waals surface area (Å²) in [5.74, 6) is -0.137. The molecule has 0 atom stereocenters. The summed E-state index contributed by atoms with van der Waals surface area (Å²) in [4.78, 5) is 24.4. The van der Waals surface area contributed by atoms with Gasteiger partial charge in [0.2, 0.25) is 0 Å². The van der Waals surface area contributed by atoms with Gasteiger partial charge in [0.05, 0.1) is 24.8 Å². The summed E-state index contributed by atoms with van der Waals surface area (Å²) >= 11 is 0. The Morgan fingerprint density at radius 1 is 0.906 bits per heavy atom. The number of hydrogen-bond donors (Lipinski definition) is 1. The van der Waals surface area contributed by atoms with Crippen molar-refractivity contribution >= 4 is 5.91 Å². The Bertz CT molecular complexity index is 1270. The van der Waals surface area contributed by atoms with E-state index in [1.54, 1.807) is 40.0 Å². The van der Waals surface area contributed by atoms with Gasteiger partial charge < -0.3 is 9.88 Å². The van der Waals surface area contributed by atoms with Crippen LogP contribution in [0.2, 0.25) is 0 Å². The highest BCUT2D eigenvalue weighted by atomic mass is 16.1. The normalized spacial score (nSPS) is 10.8. The zero-order valence-corrected chi connectivity index (χ0v) is 18.3. The standard InChI is InChI=1S/C26H26N4O2/c1-19-6-5-7-20(2)24(19)15-27-26(32)23-14-28-30(18-23)17-22-11-9-21(10-12-22)16-29-13-4-3-8-25(29)31/h3-14,18H,15-17H2,1-2H3,(H,27,32). The average molecular weight is 427 g/mol. The molecule has 2 aromatic carbocycles. The van der Waals surface area contributed by atoms with Crippen LogP contribution in [-0.2, 0) is 19.6 Å². The molecule has 0 unspecified atom stereocenters. The number of carbonyl (C=O) groups excluding carboxylic acids is 1. The van der Waals surface area contributed by atoms with Crippen molar-refractivity contribution in [3.05, 3.63) is 123 Å². The molecule has 4 rings (SSSR count). The van der Waals surface area contributed by atoms with Gasteiger partial charge in [0.1, 0.15) is 0 Å². The van der Waals surface area contributed by atoms with Gasteiger partial charge in [-0.05, 0) is 47.7 Å². The largest absolute Gasteiger partial charge is 0.348 e. The van der Waals surface area contributed by atoms with E-state index in [1.165, 1.54) is 11.1 Å². The molecule has 0 aliphatic heterocycles. The Balaban J connectivity index is 1.36. The quantitative estimate of drug-likeness (QED) is 0.490. The Morgan fingerprint density at radius 3 is 2.28 bits per heavy atom. The maximum atomic E-state index is 12.6. The molecule has 0 aliphatic carbocycles. The van der Waals surface area contributed by atoms with Crippen LogP contribution in [0.4, 0.5) is 0 Å². The molecule has 0 saturated heterocycles. The van der Waals surface area contributed by atoms with Crippen molar-refractivity contribution in [1.82, 2.24) is 19.7 Å². The fourth-order valence-corrected chi connectivity index (χ4v) is 3.69. The van der Waals surface area contributed by atoms with Crippen LogP contribution in [0.3, 0.4) is 0 Å². The van der Waals surface area contributed by atoms with Crippen LogP contribution in [-0.4, -0.2) is 20.3 Å². The van der Waals surface area contributed by atoms with E-state index < -0.39 is 0 Å². The number of benzene rings is 2. The van der Waals surface area contributed by atoms with E-state index in [9.17, 15) is 9.59 Å². The fraction of sp³-hybridized carbons (Fsp3) is 0.192. The Morgan fingerprint density at radius 2 is 1.59 bits per heavy atom. The molecule has 1 N–H and O–H groups in total. The molecule has 6 nitrogen and oxygen atoms in total. The first-order chi connectivity index (χ1) is 15.5. The number of nitrogens with one attached hydrogen (secondary N) is 1. The lowest BCUT2D eigenvalue weighted by Crippen LogP contribution is -2.23. The van der Waals surface area contributed by atoms with Crippen molar-refractivity contribution in [3.8, 4) is 0 Å². The maximum absolute atomic E-state index is 12.6. The van der Waals surface area contributed by atoms with Crippen molar-refractivity contribution in [2.45, 2.75) is 33.5 Å². The van der Waals surface area contributed by atoms with E-state index in [2.05, 4.69) is 36.4 Å². The Labute approximate surface area is 187 Å². The van der Waals surface area contributed by atoms with Crippen LogP contribution in [0.1, 0.15) is 38.2 Å². The topological polar surface area (TPSA) is 68.9 Å². The SMILES string of the molecule is Cc1cccc(C)c1CNC(=O)c1cnn(Cc2ccc(Cn3ccccc3=O)cc2)c1. The molecule has 2 heterocycles. The third-order valence-corrected chi connectivity index (χ3v) is 5.59. The summed E-state index contributed by atoms with van der Waals surface area (Å²) in [6, 6.07) is 19.3. The second-order valence-corrected chi connectivity index (χ2v) is 7.96. The molecule has 0 aliphatic rings. The van der Waals surface area contributed by atoms with Gasteiger partial charge in [-0.1, -0.05) is 48.5 Å². The Kier molecular flexibility index (Phi) is 6.31. The van der Waals surface area contributed by atoms with Crippen molar-refractivity contribution in [2.24, 2.45) is 0 Å². The van der Waals surface area contributed by atoms with Gasteiger partial charge in [-0.15, -0.1) is 0 Å². The number of hydrogen-bond acceptors (Lipinski definition) is 3. The van der Waals surface area contributed by atoms with E-state index >= 15 is 0 Å². The molecule has 2 aromatic heterocycles. The van der Waals surface area contributed by atoms with Gasteiger partial charge in [0.15, 0.2) is 0 Å². The van der Waals surface area contributed by atoms with E-state index in [-0.39, 0.29) is 11.5 Å². The van der Waals surface area contributed by atoms with Crippen LogP contribution >= 0.6 is 0 Å². The maximum Gasteiger partial charge on any atom is 0.254 e. The van der Waals surface area contributed by atoms with Gasteiger partial charge in [-0.3, -0.25) is 14.3 Å². The second kappa shape index (κ2) is 9.47. The van der Waals surface area contributed by atoms with Crippen LogP contribution < -0.4 is 10.9 Å². The summed E-state index contributed by atoms with van der Waals surface area (Å²) < 4.78 is 3.43. The first-order valence-corrected chi connectivity index (χ1v) is 10.6. The lowest BCUT2D eigenvalue weighted by Gasteiger charge is -2.10. The number of pyridine rings is 1. The van der Waals surface area contributed by atoms with Crippen LogP contribution in [0.15, 0.2) is 84.0 Å². The van der Waals surface area contributed by atoms with Gasteiger partial charge >= 0.3 is 0 Å². The van der Waals surface area contributed by atoms with Crippen LogP contribution in [0.5, 0.6) is 0 Å². The number of carbonyl (C=O) groups is 1. The second-order valence-electron chi connectivity index (χ2n) is 7.96. The van der Waals surface area contributed by atoms with E-state index in [0.29, 0.717) is 25.2 Å². The zero-order chi connectivity index (χ0) is 22.5. The molecule has 1 amide bonds. The third-order valence-electron chi connectivity index (χ3n) is 5.59. The number of aromatic nitrogens is 3. The van der Waals surface area contributed by atoms with E-state index in [4.69, 9.17) is 0 Å². The van der Waals surface area contributed by atoms with Gasteiger partial charge in [-0.25, -0.2) is 0 Å². The molecule has 0 radical (unpaired) electrons. The molecule has 32 heavy (non-hydrogen) atoms. The fourth-order valence-electron chi connectivity index (χ4n) is 3.69. The molecule has 162 valence electrons. The van der Waals surface area contributed by atoms with Gasteiger partial charge in [0.25, 0.3) is 11.5 Å². The monoisotopic (exact) mass is 426 g/mol. The van der Waals surface area contributed by atoms with E-state index in [1.807, 2.05) is 36.4 Å². The molecular formula is C26H26N4O2. The predicted octanol–water partition coefficient (Wildman–Crippen LogP) is 3.69. The summed E-state index contributed by atoms with van der Waals surface area (Å²) in [7, 11) is 0. The minimum Gasteiger partial charge on any atom is -0.348 e. The number of rotatable bonds is 7. The van der Waals surface area contributed by atoms with Crippen molar-refractivity contribution < 1.29 is 4.79 Å². The van der Waals surface area contributed by atoms with Gasteiger partial charge in [-0.2, -0.15) is 5.10 Å². The predicted molar refractivity (Wildman–Crippen MR) is 125 cm³/mol. The van der Waals surface area contributed by atoms with Crippen molar-refractivity contribution in [1.29, 1.82) is 0 Å². The average Bonchev–Trinajstić information content (AvgIpc) is 3.25. The lowest BCUT2D eigenvalue weighted by atomic mass is 10.0. The molecule has 0 spiro atoms. The first-order valence-electron chi connectivity index (χ1n) is 10.6.